The number of amides is 1. The molecular weight excluding hydrogens is 464 g/mol. The van der Waals surface area contributed by atoms with Gasteiger partial charge in [0.2, 0.25) is 5.91 Å². The third kappa shape index (κ3) is 5.44. The molecule has 184 valence electrons. The maximum absolute atomic E-state index is 11.7. The number of piperidine rings is 1. The Morgan fingerprint density at radius 2 is 2.17 bits per heavy atom. The number of fused-ring (bicyclic) bond motifs is 2. The number of ether oxygens (including phenoxy) is 1. The Balaban J connectivity index is 1.17. The quantitative estimate of drug-likeness (QED) is 0.397. The molecule has 8 nitrogen and oxygen atoms in total. The summed E-state index contributed by atoms with van der Waals surface area (Å²) in [5.41, 5.74) is 3.54. The minimum atomic E-state index is -0.701. The van der Waals surface area contributed by atoms with E-state index < -0.39 is 12.2 Å². The van der Waals surface area contributed by atoms with E-state index in [1.165, 1.54) is 0 Å². The summed E-state index contributed by atoms with van der Waals surface area (Å²) < 4.78 is 5.34. The predicted molar refractivity (Wildman–Crippen MR) is 137 cm³/mol. The van der Waals surface area contributed by atoms with Gasteiger partial charge in [0.1, 0.15) is 5.75 Å². The van der Waals surface area contributed by atoms with E-state index in [-0.39, 0.29) is 11.9 Å². The first-order valence-corrected chi connectivity index (χ1v) is 12.8. The van der Waals surface area contributed by atoms with Gasteiger partial charge in [-0.3, -0.25) is 14.7 Å². The molecule has 1 fully saturated rings. The number of likely N-dealkylation sites (tertiary alicyclic amines) is 1. The van der Waals surface area contributed by atoms with Gasteiger partial charge in [0, 0.05) is 42.2 Å². The Morgan fingerprint density at radius 1 is 1.29 bits per heavy atom. The summed E-state index contributed by atoms with van der Waals surface area (Å²) in [5, 5.41) is 29.1. The monoisotopic (exact) mass is 494 g/mol. The van der Waals surface area contributed by atoms with Gasteiger partial charge < -0.3 is 25.6 Å². The molecule has 0 aliphatic carbocycles. The molecule has 2 aliphatic heterocycles. The number of hydrogen-bond donors (Lipinski definition) is 4. The predicted octanol–water partition coefficient (Wildman–Crippen LogP) is 2.55. The second kappa shape index (κ2) is 10.5. The molecule has 4 N–H and O–H groups in total. The lowest BCUT2D eigenvalue weighted by Gasteiger charge is -2.37. The first-order valence-electron chi connectivity index (χ1n) is 11.8. The third-order valence-electron chi connectivity index (χ3n) is 6.68. The van der Waals surface area contributed by atoms with E-state index in [1.54, 1.807) is 25.1 Å². The number of aliphatic hydroxyl groups excluding tert-OH is 2. The highest BCUT2D eigenvalue weighted by atomic mass is 32.2. The van der Waals surface area contributed by atoms with Crippen LogP contribution in [0.4, 0.5) is 5.69 Å². The lowest BCUT2D eigenvalue weighted by molar-refractivity contribution is -0.113. The zero-order valence-electron chi connectivity index (χ0n) is 19.6. The molecule has 1 amide bonds. The third-order valence-corrected chi connectivity index (χ3v) is 7.76. The fourth-order valence-electron chi connectivity index (χ4n) is 4.80. The van der Waals surface area contributed by atoms with Crippen molar-refractivity contribution in [2.75, 3.05) is 37.8 Å². The molecule has 3 heterocycles. The Kier molecular flexibility index (Phi) is 7.22. The van der Waals surface area contributed by atoms with Crippen molar-refractivity contribution < 1.29 is 19.7 Å². The number of pyridine rings is 1. The van der Waals surface area contributed by atoms with E-state index in [0.29, 0.717) is 25.4 Å². The molecule has 0 saturated carbocycles. The van der Waals surface area contributed by atoms with Crippen LogP contribution < -0.4 is 15.4 Å². The molecule has 5 rings (SSSR count). The highest BCUT2D eigenvalue weighted by Gasteiger charge is 2.29. The van der Waals surface area contributed by atoms with E-state index in [4.69, 9.17) is 4.74 Å². The van der Waals surface area contributed by atoms with Crippen molar-refractivity contribution in [3.05, 3.63) is 59.8 Å². The Morgan fingerprint density at radius 3 is 3.00 bits per heavy atom. The second-order valence-electron chi connectivity index (χ2n) is 9.07. The fourth-order valence-corrected chi connectivity index (χ4v) is 5.59. The molecule has 35 heavy (non-hydrogen) atoms. The molecule has 2 aromatic carbocycles. The minimum absolute atomic E-state index is 0.0245. The topological polar surface area (TPSA) is 107 Å². The molecule has 3 aromatic rings. The van der Waals surface area contributed by atoms with E-state index >= 15 is 0 Å². The summed E-state index contributed by atoms with van der Waals surface area (Å²) in [7, 11) is 1.62. The number of rotatable bonds is 7. The molecule has 1 saturated heterocycles. The van der Waals surface area contributed by atoms with Crippen molar-refractivity contribution in [3.8, 4) is 5.75 Å². The van der Waals surface area contributed by atoms with Crippen LogP contribution in [0.5, 0.6) is 5.75 Å². The number of aromatic nitrogens is 1. The van der Waals surface area contributed by atoms with Gasteiger partial charge >= 0.3 is 0 Å². The van der Waals surface area contributed by atoms with Gasteiger partial charge in [-0.1, -0.05) is 6.07 Å². The van der Waals surface area contributed by atoms with E-state index in [1.807, 2.05) is 36.4 Å². The Labute approximate surface area is 208 Å². The maximum Gasteiger partial charge on any atom is 0.234 e. The van der Waals surface area contributed by atoms with Gasteiger partial charge in [-0.25, -0.2) is 0 Å². The molecule has 0 unspecified atom stereocenters. The first-order chi connectivity index (χ1) is 17.0. The van der Waals surface area contributed by atoms with Crippen LogP contribution in [0, 0.1) is 0 Å². The minimum Gasteiger partial charge on any atom is -0.497 e. The van der Waals surface area contributed by atoms with Gasteiger partial charge in [0.15, 0.2) is 0 Å². The largest absolute Gasteiger partial charge is 0.497 e. The van der Waals surface area contributed by atoms with Crippen LogP contribution in [-0.4, -0.2) is 70.6 Å². The summed E-state index contributed by atoms with van der Waals surface area (Å²) >= 11 is 1.55. The Bertz CT molecular complexity index is 1220. The molecule has 3 atom stereocenters. The molecule has 9 heteroatoms. The highest BCUT2D eigenvalue weighted by molar-refractivity contribution is 8.00. The van der Waals surface area contributed by atoms with Crippen LogP contribution in [0.25, 0.3) is 10.9 Å². The van der Waals surface area contributed by atoms with Crippen molar-refractivity contribution in [2.45, 2.75) is 36.1 Å². The Hall–Kier alpha value is -2.69. The summed E-state index contributed by atoms with van der Waals surface area (Å²) in [6, 6.07) is 13.6. The summed E-state index contributed by atoms with van der Waals surface area (Å²) in [6.45, 7) is 2.30. The number of nitrogens with one attached hydrogen (secondary N) is 2. The smallest absolute Gasteiger partial charge is 0.234 e. The number of hydrogen-bond acceptors (Lipinski definition) is 8. The van der Waals surface area contributed by atoms with Crippen molar-refractivity contribution in [1.82, 2.24) is 15.2 Å². The number of nitrogens with zero attached hydrogens (tertiary/aromatic N) is 2. The molecule has 0 spiro atoms. The standard InChI is InChI=1S/C26H30N4O4S/c1-34-17-3-4-20-19(11-17)18(6-8-27-20)23(31)13-30-9-7-21(24(32)14-30)28-12-16-2-5-25-22(10-16)29-26(33)15-35-25/h2-6,8,10-11,21,23-24,28,31-32H,7,9,12-15H2,1H3,(H,29,33)/t21-,23+,24-/m1/s1. The van der Waals surface area contributed by atoms with Crippen LogP contribution in [-0.2, 0) is 11.3 Å². The lowest BCUT2D eigenvalue weighted by atomic mass is 9.99. The lowest BCUT2D eigenvalue weighted by Crippen LogP contribution is -2.53. The summed E-state index contributed by atoms with van der Waals surface area (Å²) in [4.78, 5) is 19.2. The molecule has 0 bridgehead atoms. The van der Waals surface area contributed by atoms with Crippen molar-refractivity contribution in [1.29, 1.82) is 0 Å². The van der Waals surface area contributed by atoms with Crippen molar-refractivity contribution >= 4 is 34.3 Å². The number of anilines is 1. The van der Waals surface area contributed by atoms with Crippen LogP contribution >= 0.6 is 11.8 Å². The number of carbonyl (C=O) groups is 1. The SMILES string of the molecule is COc1ccc2nccc([C@@H](O)CN3CC[C@@H](NCc4ccc5c(c4)NC(=O)CS5)[C@H](O)C3)c2c1. The van der Waals surface area contributed by atoms with Gasteiger partial charge in [-0.2, -0.15) is 0 Å². The van der Waals surface area contributed by atoms with E-state index in [9.17, 15) is 15.0 Å². The number of thioether (sulfide) groups is 1. The van der Waals surface area contributed by atoms with Gasteiger partial charge in [0.05, 0.1) is 36.3 Å². The number of carbonyl (C=O) groups excluding carboxylic acids is 1. The number of aliphatic hydroxyl groups is 2. The summed E-state index contributed by atoms with van der Waals surface area (Å²) in [5.74, 6) is 1.20. The highest BCUT2D eigenvalue weighted by Crippen LogP contribution is 2.32. The zero-order valence-corrected chi connectivity index (χ0v) is 20.4. The fraction of sp³-hybridized carbons (Fsp3) is 0.385. The van der Waals surface area contributed by atoms with Crippen molar-refractivity contribution in [3.63, 3.8) is 0 Å². The zero-order chi connectivity index (χ0) is 24.4. The maximum atomic E-state index is 11.7. The van der Waals surface area contributed by atoms with Crippen LogP contribution in [0.2, 0.25) is 0 Å². The van der Waals surface area contributed by atoms with E-state index in [0.717, 1.165) is 51.3 Å². The number of β-amino-alcohol motifs (C(OH)–C–C–N with tert-alkyl or cyclic N) is 2. The van der Waals surface area contributed by atoms with Crippen LogP contribution in [0.1, 0.15) is 23.7 Å². The van der Waals surface area contributed by atoms with E-state index in [2.05, 4.69) is 26.6 Å². The normalized spacial score (nSPS) is 21.4. The van der Waals surface area contributed by atoms with Crippen LogP contribution in [0.15, 0.2) is 53.6 Å². The van der Waals surface area contributed by atoms with Crippen molar-refractivity contribution in [2.24, 2.45) is 0 Å². The molecule has 1 aromatic heterocycles. The molecular formula is C26H30N4O4S. The average Bonchev–Trinajstić information content (AvgIpc) is 2.87. The average molecular weight is 495 g/mol. The second-order valence-corrected chi connectivity index (χ2v) is 10.1. The van der Waals surface area contributed by atoms with Crippen LogP contribution in [0.3, 0.4) is 0 Å². The molecule has 2 aliphatic rings. The van der Waals surface area contributed by atoms with Gasteiger partial charge in [-0.15, -0.1) is 11.8 Å². The van der Waals surface area contributed by atoms with Gasteiger partial charge in [-0.05, 0) is 60.5 Å². The first kappa shape index (κ1) is 24.0. The molecule has 0 radical (unpaired) electrons. The number of benzene rings is 2. The summed E-state index contributed by atoms with van der Waals surface area (Å²) in [6.07, 6.45) is 1.24. The van der Waals surface area contributed by atoms with Gasteiger partial charge in [0.25, 0.3) is 0 Å². The number of methoxy groups -OCH3 is 1.